The maximum atomic E-state index is 12.8. The van der Waals surface area contributed by atoms with Crippen LogP contribution in [0.15, 0.2) is 71.8 Å². The Morgan fingerprint density at radius 1 is 0.943 bits per heavy atom. The van der Waals surface area contributed by atoms with Crippen molar-refractivity contribution in [2.45, 2.75) is 6.92 Å². The van der Waals surface area contributed by atoms with E-state index in [1.165, 1.54) is 17.6 Å². The molecule has 0 aliphatic carbocycles. The Morgan fingerprint density at radius 2 is 1.69 bits per heavy atom. The summed E-state index contributed by atoms with van der Waals surface area (Å²) in [5, 5.41) is 7.86. The van der Waals surface area contributed by atoms with Crippen molar-refractivity contribution < 1.29 is 19.1 Å². The number of nitrogens with zero attached hydrogens (tertiary/aromatic N) is 1. The monoisotopic (exact) mass is 525 g/mol. The third-order valence-corrected chi connectivity index (χ3v) is 7.00. The van der Waals surface area contributed by atoms with Crippen LogP contribution in [-0.4, -0.2) is 24.0 Å². The highest BCUT2D eigenvalue weighted by Crippen LogP contribution is 2.36. The Hall–Kier alpha value is -3.72. The predicted octanol–water partition coefficient (Wildman–Crippen LogP) is 5.82. The molecule has 3 aromatic carbocycles. The molecule has 1 heterocycles. The van der Waals surface area contributed by atoms with Crippen LogP contribution in [0.2, 0.25) is 10.0 Å². The third-order valence-electron chi connectivity index (χ3n) is 4.93. The van der Waals surface area contributed by atoms with Crippen molar-refractivity contribution in [3.63, 3.8) is 0 Å². The number of carbonyl (C=O) groups excluding carboxylic acids is 3. The molecule has 1 aromatic heterocycles. The Kier molecular flexibility index (Phi) is 7.45. The zero-order chi connectivity index (χ0) is 24.9. The Labute approximate surface area is 214 Å². The number of hydrazone groups is 1. The first-order valence-corrected chi connectivity index (χ1v) is 11.8. The summed E-state index contributed by atoms with van der Waals surface area (Å²) < 4.78 is 6.41. The summed E-state index contributed by atoms with van der Waals surface area (Å²) in [6.45, 7) is 1.72. The number of nitrogens with one attached hydrogen (secondary N) is 2. The number of benzene rings is 3. The van der Waals surface area contributed by atoms with Crippen molar-refractivity contribution in [1.29, 1.82) is 0 Å². The van der Waals surface area contributed by atoms with Crippen molar-refractivity contribution in [2.75, 3.05) is 5.32 Å². The molecule has 35 heavy (non-hydrogen) atoms. The van der Waals surface area contributed by atoms with E-state index in [-0.39, 0.29) is 10.6 Å². The molecule has 0 radical (unpaired) electrons. The van der Waals surface area contributed by atoms with E-state index in [4.69, 9.17) is 27.9 Å². The van der Waals surface area contributed by atoms with Crippen LogP contribution in [0.4, 0.5) is 5.69 Å². The molecule has 4 aromatic rings. The highest BCUT2D eigenvalue weighted by atomic mass is 35.5. The van der Waals surface area contributed by atoms with Gasteiger partial charge in [-0.15, -0.1) is 11.3 Å². The van der Waals surface area contributed by atoms with Crippen LogP contribution in [0.3, 0.4) is 0 Å². The number of rotatable bonds is 5. The molecule has 2 amide bonds. The quantitative estimate of drug-likeness (QED) is 0.113. The molecule has 10 heteroatoms. The molecule has 0 unspecified atom stereocenters. The number of halogens is 2. The Morgan fingerprint density at radius 3 is 2.49 bits per heavy atom. The topological polar surface area (TPSA) is 96.9 Å². The lowest BCUT2D eigenvalue weighted by atomic mass is 10.2. The zero-order valence-electron chi connectivity index (χ0n) is 18.2. The molecule has 7 nitrogen and oxygen atoms in total. The van der Waals surface area contributed by atoms with Crippen LogP contribution in [0.25, 0.3) is 10.1 Å². The van der Waals surface area contributed by atoms with Gasteiger partial charge in [0, 0.05) is 26.4 Å². The lowest BCUT2D eigenvalue weighted by Crippen LogP contribution is -2.32. The van der Waals surface area contributed by atoms with Crippen LogP contribution < -0.4 is 15.5 Å². The molecular formula is C25H17Cl2N3O4S. The number of para-hydroxylation sites is 1. The first-order chi connectivity index (χ1) is 16.8. The van der Waals surface area contributed by atoms with Gasteiger partial charge in [0.15, 0.2) is 0 Å². The van der Waals surface area contributed by atoms with Crippen molar-refractivity contribution >= 4 is 74.3 Å². The van der Waals surface area contributed by atoms with Gasteiger partial charge in [0.1, 0.15) is 10.6 Å². The van der Waals surface area contributed by atoms with E-state index in [2.05, 4.69) is 15.8 Å². The van der Waals surface area contributed by atoms with Crippen LogP contribution >= 0.6 is 34.5 Å². The molecule has 0 fully saturated rings. The molecule has 0 bridgehead atoms. The molecule has 4 rings (SSSR count). The summed E-state index contributed by atoms with van der Waals surface area (Å²) in [4.78, 5) is 37.4. The SMILES string of the molecule is Cc1c(Cl)cccc1NC(=O)C(=O)N/N=C/c1ccccc1OC(=O)c1sc2ccccc2c1Cl. The van der Waals surface area contributed by atoms with Crippen molar-refractivity contribution in [1.82, 2.24) is 5.43 Å². The van der Waals surface area contributed by atoms with Gasteiger partial charge in [-0.05, 0) is 42.8 Å². The van der Waals surface area contributed by atoms with Gasteiger partial charge < -0.3 is 10.1 Å². The fourth-order valence-electron chi connectivity index (χ4n) is 3.10. The first kappa shape index (κ1) is 24.4. The number of hydrogen-bond donors (Lipinski definition) is 2. The van der Waals surface area contributed by atoms with Crippen LogP contribution in [0.5, 0.6) is 5.75 Å². The average molecular weight is 526 g/mol. The van der Waals surface area contributed by atoms with Crippen molar-refractivity contribution in [3.05, 3.63) is 92.8 Å². The Bertz CT molecular complexity index is 1480. The van der Waals surface area contributed by atoms with E-state index in [1.807, 2.05) is 24.3 Å². The third kappa shape index (κ3) is 5.51. The summed E-state index contributed by atoms with van der Waals surface area (Å²) in [7, 11) is 0. The minimum absolute atomic E-state index is 0.211. The second-order valence-electron chi connectivity index (χ2n) is 7.23. The fraction of sp³-hybridized carbons (Fsp3) is 0.0400. The number of amides is 2. The Balaban J connectivity index is 1.43. The molecule has 0 aliphatic rings. The fourth-order valence-corrected chi connectivity index (χ4v) is 4.66. The van der Waals surface area contributed by atoms with Gasteiger partial charge in [-0.2, -0.15) is 5.10 Å². The summed E-state index contributed by atoms with van der Waals surface area (Å²) in [5.41, 5.74) is 3.61. The number of fused-ring (bicyclic) bond motifs is 1. The highest BCUT2D eigenvalue weighted by Gasteiger charge is 2.20. The molecular weight excluding hydrogens is 509 g/mol. The number of hydrogen-bond acceptors (Lipinski definition) is 6. The highest BCUT2D eigenvalue weighted by molar-refractivity contribution is 7.21. The molecule has 2 N–H and O–H groups in total. The predicted molar refractivity (Wildman–Crippen MR) is 139 cm³/mol. The lowest BCUT2D eigenvalue weighted by molar-refractivity contribution is -0.136. The first-order valence-electron chi connectivity index (χ1n) is 10.2. The van der Waals surface area contributed by atoms with E-state index in [0.717, 1.165) is 10.1 Å². The van der Waals surface area contributed by atoms with Crippen LogP contribution in [-0.2, 0) is 9.59 Å². The lowest BCUT2D eigenvalue weighted by Gasteiger charge is -2.08. The molecule has 0 aliphatic heterocycles. The number of esters is 1. The number of carbonyl (C=O) groups is 3. The van der Waals surface area contributed by atoms with Crippen LogP contribution in [0.1, 0.15) is 20.8 Å². The maximum Gasteiger partial charge on any atom is 0.355 e. The smallest absolute Gasteiger partial charge is 0.355 e. The second kappa shape index (κ2) is 10.7. The van der Waals surface area contributed by atoms with Crippen LogP contribution in [0, 0.1) is 6.92 Å². The summed E-state index contributed by atoms with van der Waals surface area (Å²) in [5.74, 6) is -2.29. The zero-order valence-corrected chi connectivity index (χ0v) is 20.5. The summed E-state index contributed by atoms with van der Waals surface area (Å²) >= 11 is 13.6. The van der Waals surface area contributed by atoms with Gasteiger partial charge in [-0.25, -0.2) is 10.2 Å². The largest absolute Gasteiger partial charge is 0.422 e. The molecule has 0 saturated heterocycles. The van der Waals surface area contributed by atoms with Gasteiger partial charge in [0.05, 0.1) is 11.2 Å². The standard InChI is InChI=1S/C25H17Cl2N3O4S/c1-14-17(26)9-6-10-18(14)29-23(31)24(32)30-28-13-15-7-2-4-11-19(15)34-25(33)22-21(27)16-8-3-5-12-20(16)35-22/h2-13H,1H3,(H,29,31)(H,30,32)/b28-13+. The number of anilines is 1. The average Bonchev–Trinajstić information content (AvgIpc) is 3.19. The van der Waals surface area contributed by atoms with Crippen molar-refractivity contribution in [3.8, 4) is 5.75 Å². The van der Waals surface area contributed by atoms with E-state index in [9.17, 15) is 14.4 Å². The molecule has 176 valence electrons. The molecule has 0 spiro atoms. The van der Waals surface area contributed by atoms with Gasteiger partial charge in [0.2, 0.25) is 0 Å². The minimum atomic E-state index is -0.979. The minimum Gasteiger partial charge on any atom is -0.422 e. The van der Waals surface area contributed by atoms with E-state index >= 15 is 0 Å². The number of ether oxygens (including phenoxy) is 1. The van der Waals surface area contributed by atoms with E-state index in [1.54, 1.807) is 49.4 Å². The maximum absolute atomic E-state index is 12.8. The van der Waals surface area contributed by atoms with E-state index < -0.39 is 17.8 Å². The van der Waals surface area contributed by atoms with E-state index in [0.29, 0.717) is 26.9 Å². The van der Waals surface area contributed by atoms with Crippen molar-refractivity contribution in [2.24, 2.45) is 5.10 Å². The normalized spacial score (nSPS) is 10.9. The summed E-state index contributed by atoms with van der Waals surface area (Å²) in [6, 6.07) is 19.0. The second-order valence-corrected chi connectivity index (χ2v) is 9.07. The van der Waals surface area contributed by atoms with Gasteiger partial charge >= 0.3 is 17.8 Å². The summed E-state index contributed by atoms with van der Waals surface area (Å²) in [6.07, 6.45) is 1.27. The molecule has 0 atom stereocenters. The van der Waals surface area contributed by atoms with Gasteiger partial charge in [-0.3, -0.25) is 9.59 Å². The number of thiophene rings is 1. The van der Waals surface area contributed by atoms with Gasteiger partial charge in [-0.1, -0.05) is 59.6 Å². The molecule has 0 saturated carbocycles. The van der Waals surface area contributed by atoms with Gasteiger partial charge in [0.25, 0.3) is 0 Å².